The molecule has 2 aliphatic rings. The molecule has 2 aliphatic heterocycles. The minimum absolute atomic E-state index is 0.227. The first-order chi connectivity index (χ1) is 10.5. The van der Waals surface area contributed by atoms with Crippen LogP contribution in [0.4, 0.5) is 0 Å². The van der Waals surface area contributed by atoms with Crippen molar-refractivity contribution in [1.82, 2.24) is 4.90 Å². The normalized spacial score (nSPS) is 22.9. The Hall–Kier alpha value is -0.860. The van der Waals surface area contributed by atoms with E-state index in [9.17, 15) is 0 Å². The van der Waals surface area contributed by atoms with Gasteiger partial charge in [0.15, 0.2) is 0 Å². The van der Waals surface area contributed by atoms with Gasteiger partial charge in [-0.15, -0.1) is 0 Å². The lowest BCUT2D eigenvalue weighted by Gasteiger charge is -2.44. The molecule has 2 saturated heterocycles. The topological polar surface area (TPSA) is 12.5 Å². The highest BCUT2D eigenvalue weighted by atomic mass is 16.5. The molecule has 3 rings (SSSR count). The highest BCUT2D eigenvalue weighted by molar-refractivity contribution is 5.27. The number of ether oxygens (including phenoxy) is 1. The molecule has 0 unspecified atom stereocenters. The summed E-state index contributed by atoms with van der Waals surface area (Å²) in [4.78, 5) is 2.59. The third kappa shape index (κ3) is 3.72. The van der Waals surface area contributed by atoms with Crippen LogP contribution < -0.4 is 0 Å². The van der Waals surface area contributed by atoms with Crippen LogP contribution in [-0.2, 0) is 16.7 Å². The van der Waals surface area contributed by atoms with Crippen molar-refractivity contribution in [3.63, 3.8) is 0 Å². The van der Waals surface area contributed by atoms with Crippen molar-refractivity contribution >= 4 is 0 Å². The number of benzene rings is 1. The standard InChI is InChI=1S/C20H31NO/c1-19(2,3)18-8-6-17(7-9-18)16-21-13-11-20(12-14-21)10-4-5-15-22-20/h6-9H,4-5,10-16H2,1-3H3. The van der Waals surface area contributed by atoms with Gasteiger partial charge in [-0.3, -0.25) is 4.90 Å². The zero-order valence-corrected chi connectivity index (χ0v) is 14.5. The molecule has 2 nitrogen and oxygen atoms in total. The van der Waals surface area contributed by atoms with Crippen molar-refractivity contribution in [2.45, 2.75) is 70.4 Å². The monoisotopic (exact) mass is 301 g/mol. The average molecular weight is 301 g/mol. The van der Waals surface area contributed by atoms with Gasteiger partial charge in [0.05, 0.1) is 5.60 Å². The van der Waals surface area contributed by atoms with Crippen molar-refractivity contribution in [3.05, 3.63) is 35.4 Å². The highest BCUT2D eigenvalue weighted by Gasteiger charge is 2.36. The molecule has 0 bridgehead atoms. The Bertz CT molecular complexity index is 469. The van der Waals surface area contributed by atoms with Gasteiger partial charge in [0.25, 0.3) is 0 Å². The Kier molecular flexibility index (Phi) is 4.61. The molecule has 0 radical (unpaired) electrons. The molecule has 0 aliphatic carbocycles. The van der Waals surface area contributed by atoms with Crippen LogP contribution in [0.2, 0.25) is 0 Å². The van der Waals surface area contributed by atoms with E-state index in [1.54, 1.807) is 0 Å². The summed E-state index contributed by atoms with van der Waals surface area (Å²) in [6, 6.07) is 9.21. The summed E-state index contributed by atoms with van der Waals surface area (Å²) in [5.41, 5.74) is 3.33. The summed E-state index contributed by atoms with van der Waals surface area (Å²) in [7, 11) is 0. The molecule has 0 amide bonds. The third-order valence-electron chi connectivity index (χ3n) is 5.43. The van der Waals surface area contributed by atoms with E-state index < -0.39 is 0 Å². The summed E-state index contributed by atoms with van der Waals surface area (Å²) < 4.78 is 6.13. The number of hydrogen-bond acceptors (Lipinski definition) is 2. The lowest BCUT2D eigenvalue weighted by atomic mass is 9.84. The first-order valence-electron chi connectivity index (χ1n) is 8.93. The highest BCUT2D eigenvalue weighted by Crippen LogP contribution is 2.35. The summed E-state index contributed by atoms with van der Waals surface area (Å²) in [6.07, 6.45) is 6.32. The van der Waals surface area contributed by atoms with Crippen molar-refractivity contribution in [2.24, 2.45) is 0 Å². The van der Waals surface area contributed by atoms with Crippen molar-refractivity contribution in [2.75, 3.05) is 19.7 Å². The van der Waals surface area contributed by atoms with Crippen molar-refractivity contribution < 1.29 is 4.74 Å². The van der Waals surface area contributed by atoms with E-state index in [0.29, 0.717) is 0 Å². The maximum atomic E-state index is 6.13. The fourth-order valence-corrected chi connectivity index (χ4v) is 3.79. The van der Waals surface area contributed by atoms with E-state index in [1.807, 2.05) is 0 Å². The lowest BCUT2D eigenvalue weighted by Crippen LogP contribution is -2.47. The predicted octanol–water partition coefficient (Wildman–Crippen LogP) is 4.52. The molecular formula is C20H31NO. The molecule has 2 fully saturated rings. The van der Waals surface area contributed by atoms with E-state index in [1.165, 1.54) is 56.3 Å². The van der Waals surface area contributed by atoms with Crippen LogP contribution in [0.1, 0.15) is 64.0 Å². The van der Waals surface area contributed by atoms with Crippen LogP contribution in [0.15, 0.2) is 24.3 Å². The fraction of sp³-hybridized carbons (Fsp3) is 0.700. The number of nitrogens with zero attached hydrogens (tertiary/aromatic N) is 1. The van der Waals surface area contributed by atoms with Gasteiger partial charge in [0, 0.05) is 26.2 Å². The molecule has 122 valence electrons. The molecule has 0 N–H and O–H groups in total. The Morgan fingerprint density at radius 3 is 2.23 bits per heavy atom. The van der Waals surface area contributed by atoms with Crippen molar-refractivity contribution in [1.29, 1.82) is 0 Å². The quantitative estimate of drug-likeness (QED) is 0.796. The summed E-state index contributed by atoms with van der Waals surface area (Å²) in [5.74, 6) is 0. The maximum absolute atomic E-state index is 6.13. The van der Waals surface area contributed by atoms with Crippen LogP contribution in [0, 0.1) is 0 Å². The first-order valence-corrected chi connectivity index (χ1v) is 8.93. The Morgan fingerprint density at radius 1 is 1.00 bits per heavy atom. The predicted molar refractivity (Wildman–Crippen MR) is 92.2 cm³/mol. The van der Waals surface area contributed by atoms with E-state index in [-0.39, 0.29) is 11.0 Å². The zero-order chi connectivity index (χ0) is 15.6. The van der Waals surface area contributed by atoms with Gasteiger partial charge in [0.2, 0.25) is 0 Å². The van der Waals surface area contributed by atoms with Crippen LogP contribution in [0.25, 0.3) is 0 Å². The third-order valence-corrected chi connectivity index (χ3v) is 5.43. The summed E-state index contributed by atoms with van der Waals surface area (Å²) >= 11 is 0. The van der Waals surface area contributed by atoms with Crippen LogP contribution >= 0.6 is 0 Å². The molecular weight excluding hydrogens is 270 g/mol. The van der Waals surface area contributed by atoms with Crippen LogP contribution in [0.3, 0.4) is 0 Å². The number of likely N-dealkylation sites (tertiary alicyclic amines) is 1. The first kappa shape index (κ1) is 16.0. The number of rotatable bonds is 2. The Labute approximate surface area is 135 Å². The summed E-state index contributed by atoms with van der Waals surface area (Å²) in [5, 5.41) is 0. The van der Waals surface area contributed by atoms with Crippen LogP contribution in [0.5, 0.6) is 0 Å². The van der Waals surface area contributed by atoms with E-state index in [0.717, 1.165) is 13.2 Å². The maximum Gasteiger partial charge on any atom is 0.0706 e. The molecule has 2 heteroatoms. The molecule has 1 aromatic carbocycles. The molecule has 0 aromatic heterocycles. The van der Waals surface area contributed by atoms with Crippen molar-refractivity contribution in [3.8, 4) is 0 Å². The van der Waals surface area contributed by atoms with Gasteiger partial charge in [-0.2, -0.15) is 0 Å². The van der Waals surface area contributed by atoms with Crippen LogP contribution in [-0.4, -0.2) is 30.2 Å². The smallest absolute Gasteiger partial charge is 0.0706 e. The molecule has 0 saturated carbocycles. The van der Waals surface area contributed by atoms with E-state index in [4.69, 9.17) is 4.74 Å². The Balaban J connectivity index is 1.54. The second-order valence-corrected chi connectivity index (χ2v) is 8.21. The molecule has 22 heavy (non-hydrogen) atoms. The van der Waals surface area contributed by atoms with E-state index >= 15 is 0 Å². The second kappa shape index (κ2) is 6.33. The van der Waals surface area contributed by atoms with Gasteiger partial charge >= 0.3 is 0 Å². The Morgan fingerprint density at radius 2 is 1.68 bits per heavy atom. The summed E-state index contributed by atoms with van der Waals surface area (Å²) in [6.45, 7) is 11.2. The number of piperidine rings is 1. The van der Waals surface area contributed by atoms with Gasteiger partial charge in [-0.05, 0) is 48.6 Å². The number of hydrogen-bond donors (Lipinski definition) is 0. The SMILES string of the molecule is CC(C)(C)c1ccc(CN2CCC3(CCCCO3)CC2)cc1. The van der Waals surface area contributed by atoms with Gasteiger partial charge in [-0.25, -0.2) is 0 Å². The molecule has 2 heterocycles. The fourth-order valence-electron chi connectivity index (χ4n) is 3.79. The largest absolute Gasteiger partial charge is 0.375 e. The average Bonchev–Trinajstić information content (AvgIpc) is 2.50. The molecule has 1 aromatic rings. The van der Waals surface area contributed by atoms with E-state index in [2.05, 4.69) is 49.9 Å². The molecule has 1 spiro atoms. The zero-order valence-electron chi connectivity index (χ0n) is 14.5. The van der Waals surface area contributed by atoms with Gasteiger partial charge in [0.1, 0.15) is 0 Å². The minimum atomic E-state index is 0.227. The van der Waals surface area contributed by atoms with Gasteiger partial charge < -0.3 is 4.74 Å². The molecule has 0 atom stereocenters. The van der Waals surface area contributed by atoms with Gasteiger partial charge in [-0.1, -0.05) is 45.0 Å². The minimum Gasteiger partial charge on any atom is -0.375 e. The lowest BCUT2D eigenvalue weighted by molar-refractivity contribution is -0.112. The second-order valence-electron chi connectivity index (χ2n) is 8.21.